The number of thioether (sulfide) groups is 1. The second-order valence-corrected chi connectivity index (χ2v) is 12.6. The van der Waals surface area contributed by atoms with E-state index in [2.05, 4.69) is 28.0 Å². The Labute approximate surface area is 171 Å². The van der Waals surface area contributed by atoms with Gasteiger partial charge >= 0.3 is 0 Å². The van der Waals surface area contributed by atoms with Crippen molar-refractivity contribution in [2.24, 2.45) is 5.92 Å². The van der Waals surface area contributed by atoms with Gasteiger partial charge in [-0.2, -0.15) is 0 Å². The molecule has 1 heterocycles. The van der Waals surface area contributed by atoms with Gasteiger partial charge in [-0.25, -0.2) is 13.1 Å². The van der Waals surface area contributed by atoms with Crippen molar-refractivity contribution in [3.63, 3.8) is 0 Å². The summed E-state index contributed by atoms with van der Waals surface area (Å²) in [6, 6.07) is 5.73. The summed E-state index contributed by atoms with van der Waals surface area (Å²) in [6.45, 7) is 5.07. The molecule has 1 unspecified atom stereocenters. The molecular formula is C18H27N3O3S3. The van der Waals surface area contributed by atoms with Crippen molar-refractivity contribution in [3.8, 4) is 0 Å². The number of carbonyl (C=O) groups is 1. The SMILES string of the molecule is CC(C)(C)S(=O)(=O)N[C@H]1CC[C@H](C(=O)Nc2ccc3c(c2)NC(S)S3)CC1. The van der Waals surface area contributed by atoms with Gasteiger partial charge in [0.25, 0.3) is 0 Å². The van der Waals surface area contributed by atoms with E-state index >= 15 is 0 Å². The largest absolute Gasteiger partial charge is 0.364 e. The normalized spacial score (nSPS) is 25.6. The fraction of sp³-hybridized carbons (Fsp3) is 0.611. The Morgan fingerprint density at radius 2 is 1.89 bits per heavy atom. The highest BCUT2D eigenvalue weighted by Gasteiger charge is 2.34. The lowest BCUT2D eigenvalue weighted by Gasteiger charge is -2.30. The van der Waals surface area contributed by atoms with Gasteiger partial charge in [0.2, 0.25) is 15.9 Å². The van der Waals surface area contributed by atoms with E-state index in [9.17, 15) is 13.2 Å². The van der Waals surface area contributed by atoms with Crippen molar-refractivity contribution in [3.05, 3.63) is 18.2 Å². The summed E-state index contributed by atoms with van der Waals surface area (Å²) in [5.41, 5.74) is 1.75. The van der Waals surface area contributed by atoms with Gasteiger partial charge in [0.15, 0.2) is 0 Å². The van der Waals surface area contributed by atoms with Gasteiger partial charge in [0, 0.05) is 22.5 Å². The predicted octanol–water partition coefficient (Wildman–Crippen LogP) is 3.63. The zero-order chi connectivity index (χ0) is 19.8. The quantitative estimate of drug-likeness (QED) is 0.549. The number of benzene rings is 1. The summed E-state index contributed by atoms with van der Waals surface area (Å²) in [5.74, 6) is -0.0891. The lowest BCUT2D eigenvalue weighted by atomic mass is 9.86. The maximum absolute atomic E-state index is 12.6. The van der Waals surface area contributed by atoms with E-state index in [0.717, 1.165) is 16.3 Å². The molecule has 3 rings (SSSR count). The molecule has 1 amide bonds. The molecule has 0 bridgehead atoms. The second-order valence-electron chi connectivity index (χ2n) is 8.10. The fourth-order valence-electron chi connectivity index (χ4n) is 3.22. The van der Waals surface area contributed by atoms with Gasteiger partial charge in [-0.3, -0.25) is 4.79 Å². The van der Waals surface area contributed by atoms with Crippen molar-refractivity contribution < 1.29 is 13.2 Å². The Bertz CT molecular complexity index is 813. The Kier molecular flexibility index (Phi) is 6.05. The second kappa shape index (κ2) is 7.85. The molecular weight excluding hydrogens is 402 g/mol. The van der Waals surface area contributed by atoms with E-state index in [1.165, 1.54) is 0 Å². The molecule has 0 spiro atoms. The van der Waals surface area contributed by atoms with E-state index in [-0.39, 0.29) is 22.6 Å². The van der Waals surface area contributed by atoms with Crippen LogP contribution in [0.15, 0.2) is 23.1 Å². The van der Waals surface area contributed by atoms with Crippen molar-refractivity contribution >= 4 is 51.7 Å². The molecule has 3 N–H and O–H groups in total. The zero-order valence-corrected chi connectivity index (χ0v) is 18.3. The van der Waals surface area contributed by atoms with Crippen molar-refractivity contribution in [2.45, 2.75) is 66.8 Å². The van der Waals surface area contributed by atoms with Crippen molar-refractivity contribution in [1.82, 2.24) is 4.72 Å². The smallest absolute Gasteiger partial charge is 0.227 e. The minimum absolute atomic E-state index is 0.000141. The number of sulfonamides is 1. The topological polar surface area (TPSA) is 87.3 Å². The number of carbonyl (C=O) groups excluding carboxylic acids is 1. The van der Waals surface area contributed by atoms with Crippen LogP contribution in [-0.2, 0) is 14.8 Å². The molecule has 1 aromatic carbocycles. The first-order valence-electron chi connectivity index (χ1n) is 9.13. The van der Waals surface area contributed by atoms with Crippen LogP contribution in [0.5, 0.6) is 0 Å². The van der Waals surface area contributed by atoms with Crippen LogP contribution in [0.4, 0.5) is 11.4 Å². The van der Waals surface area contributed by atoms with Crippen LogP contribution in [0.25, 0.3) is 0 Å². The molecule has 0 radical (unpaired) electrons. The molecule has 0 saturated heterocycles. The highest BCUT2D eigenvalue weighted by molar-refractivity contribution is 8.10. The Hall–Kier alpha value is -0.900. The number of hydrogen-bond acceptors (Lipinski definition) is 6. The van der Waals surface area contributed by atoms with Gasteiger partial charge in [0.1, 0.15) is 4.71 Å². The Balaban J connectivity index is 1.53. The molecule has 150 valence electrons. The molecule has 1 aliphatic heterocycles. The predicted molar refractivity (Wildman–Crippen MR) is 115 cm³/mol. The number of amides is 1. The highest BCUT2D eigenvalue weighted by Crippen LogP contribution is 2.41. The standard InChI is InChI=1S/C18H27N3O3S3/c1-18(2,3)27(23,24)21-12-6-4-11(5-7-12)16(22)19-13-8-9-15-14(10-13)20-17(25)26-15/h8-12,17,20-21,25H,4-7H2,1-3H3,(H,19,22)/t11-,12-,17?. The van der Waals surface area contributed by atoms with E-state index in [0.29, 0.717) is 25.7 Å². The maximum Gasteiger partial charge on any atom is 0.227 e. The van der Waals surface area contributed by atoms with Gasteiger partial charge in [-0.15, -0.1) is 12.6 Å². The van der Waals surface area contributed by atoms with Crippen molar-refractivity contribution in [2.75, 3.05) is 10.6 Å². The van der Waals surface area contributed by atoms with Crippen LogP contribution in [0.2, 0.25) is 0 Å². The lowest BCUT2D eigenvalue weighted by molar-refractivity contribution is -0.120. The monoisotopic (exact) mass is 429 g/mol. The van der Waals surface area contributed by atoms with E-state index < -0.39 is 14.8 Å². The van der Waals surface area contributed by atoms with Crippen LogP contribution >= 0.6 is 24.4 Å². The third-order valence-electron chi connectivity index (χ3n) is 4.99. The van der Waals surface area contributed by atoms with Crippen molar-refractivity contribution in [1.29, 1.82) is 0 Å². The minimum Gasteiger partial charge on any atom is -0.364 e. The highest BCUT2D eigenvalue weighted by atomic mass is 32.2. The molecule has 27 heavy (non-hydrogen) atoms. The van der Waals surface area contributed by atoms with E-state index in [4.69, 9.17) is 0 Å². The first-order valence-corrected chi connectivity index (χ1v) is 12.0. The van der Waals surface area contributed by atoms with Gasteiger partial charge in [-0.05, 0) is 64.7 Å². The molecule has 0 aromatic heterocycles. The van der Waals surface area contributed by atoms with Crippen LogP contribution in [0.3, 0.4) is 0 Å². The minimum atomic E-state index is -3.36. The zero-order valence-electron chi connectivity index (χ0n) is 15.8. The number of fused-ring (bicyclic) bond motifs is 1. The third-order valence-corrected chi connectivity index (χ3v) is 8.64. The summed E-state index contributed by atoms with van der Waals surface area (Å²) in [6.07, 6.45) is 2.72. The summed E-state index contributed by atoms with van der Waals surface area (Å²) in [7, 11) is -3.36. The molecule has 9 heteroatoms. The van der Waals surface area contributed by atoms with E-state index in [1.807, 2.05) is 18.2 Å². The van der Waals surface area contributed by atoms with Gasteiger partial charge in [-0.1, -0.05) is 11.8 Å². The summed E-state index contributed by atoms with van der Waals surface area (Å²) >= 11 is 6.03. The number of thiol groups is 1. The summed E-state index contributed by atoms with van der Waals surface area (Å²) < 4.78 is 26.6. The number of hydrogen-bond donors (Lipinski definition) is 4. The van der Waals surface area contributed by atoms with E-state index in [1.54, 1.807) is 32.5 Å². The lowest BCUT2D eigenvalue weighted by Crippen LogP contribution is -2.46. The average molecular weight is 430 g/mol. The first-order chi connectivity index (χ1) is 12.5. The maximum atomic E-state index is 12.6. The number of anilines is 2. The van der Waals surface area contributed by atoms with Gasteiger partial charge in [0.05, 0.1) is 10.4 Å². The Morgan fingerprint density at radius 3 is 2.52 bits per heavy atom. The fourth-order valence-corrected chi connectivity index (χ4v) is 5.55. The number of nitrogens with one attached hydrogen (secondary N) is 3. The third kappa shape index (κ3) is 4.93. The summed E-state index contributed by atoms with van der Waals surface area (Å²) in [4.78, 5) is 13.7. The molecule has 6 nitrogen and oxygen atoms in total. The van der Waals surface area contributed by atoms with Crippen LogP contribution in [-0.4, -0.2) is 29.8 Å². The molecule has 1 atom stereocenters. The van der Waals surface area contributed by atoms with Crippen LogP contribution in [0, 0.1) is 5.92 Å². The molecule has 2 aliphatic rings. The summed E-state index contributed by atoms with van der Waals surface area (Å²) in [5, 5.41) is 6.23. The average Bonchev–Trinajstić information content (AvgIpc) is 2.93. The molecule has 1 fully saturated rings. The van der Waals surface area contributed by atoms with Crippen LogP contribution < -0.4 is 15.4 Å². The Morgan fingerprint density at radius 1 is 1.22 bits per heavy atom. The molecule has 1 aliphatic carbocycles. The van der Waals surface area contributed by atoms with Crippen LogP contribution in [0.1, 0.15) is 46.5 Å². The van der Waals surface area contributed by atoms with Gasteiger partial charge < -0.3 is 10.6 Å². The first kappa shape index (κ1) is 20.8. The molecule has 1 aromatic rings. The molecule has 1 saturated carbocycles. The number of rotatable bonds is 4.